The molecule has 0 unspecified atom stereocenters. The third-order valence-electron chi connectivity index (χ3n) is 0.921. The first-order chi connectivity index (χ1) is 4.31. The molecule has 0 aromatic carbocycles. The molecule has 9 heavy (non-hydrogen) atoms. The summed E-state index contributed by atoms with van der Waals surface area (Å²) in [4.78, 5) is 0. The van der Waals surface area contributed by atoms with Gasteiger partial charge in [-0.1, -0.05) is 13.3 Å². The van der Waals surface area contributed by atoms with Crippen LogP contribution >= 0.6 is 0 Å². The van der Waals surface area contributed by atoms with E-state index < -0.39 is 0 Å². The topological polar surface area (TPSA) is 43.6 Å². The van der Waals surface area contributed by atoms with E-state index in [1.54, 1.807) is 0 Å². The van der Waals surface area contributed by atoms with Gasteiger partial charge in [-0.25, -0.2) is 0 Å². The number of esters is 1. The maximum Gasteiger partial charge on any atom is 0.493 e. The lowest BCUT2D eigenvalue weighted by atomic mass is 10.4. The van der Waals surface area contributed by atoms with Crippen molar-refractivity contribution in [1.29, 1.82) is 0 Å². The molecule has 3 heteroatoms. The highest BCUT2D eigenvalue weighted by Gasteiger charge is 2.00. The van der Waals surface area contributed by atoms with Crippen LogP contribution in [0.4, 0.5) is 0 Å². The van der Waals surface area contributed by atoms with Crippen molar-refractivity contribution >= 4 is 5.97 Å². The summed E-state index contributed by atoms with van der Waals surface area (Å²) >= 11 is 0. The monoisotopic (exact) mass is 132 g/mol. The second-order valence-electron chi connectivity index (χ2n) is 1.78. The molecule has 0 fully saturated rings. The van der Waals surface area contributed by atoms with Gasteiger partial charge in [-0.2, -0.15) is 0 Å². The molecule has 0 rings (SSSR count). The SMILES string of the molecule is CCCCOC(C)=[O+][O-]. The molecule has 0 aromatic rings. The number of carbonyl (C=O) groups excluding carboxylic acids is 1. The molecule has 0 amide bonds. The van der Waals surface area contributed by atoms with Crippen LogP contribution in [0.1, 0.15) is 26.7 Å². The smallest absolute Gasteiger partial charge is 0.493 e. The molecule has 54 valence electrons. The minimum Gasteiger partial charge on any atom is -0.588 e. The standard InChI is InChI=1S/C6H12O3/c1-3-4-5-8-6(2)9-7/h3-5H2,1-2H3. The van der Waals surface area contributed by atoms with Crippen molar-refractivity contribution in [1.82, 2.24) is 0 Å². The molecule has 0 heterocycles. The molecular formula is C6H12O3. The molecule has 0 aromatic heterocycles. The van der Waals surface area contributed by atoms with Gasteiger partial charge < -0.3 is 9.99 Å². The zero-order valence-electron chi connectivity index (χ0n) is 5.85. The molecule has 3 nitrogen and oxygen atoms in total. The van der Waals surface area contributed by atoms with Gasteiger partial charge in [0.15, 0.2) is 6.61 Å². The van der Waals surface area contributed by atoms with Gasteiger partial charge in [-0.15, -0.1) is 0 Å². The van der Waals surface area contributed by atoms with E-state index in [1.807, 2.05) is 0 Å². The van der Waals surface area contributed by atoms with E-state index >= 15 is 0 Å². The van der Waals surface area contributed by atoms with Crippen LogP contribution in [0.15, 0.2) is 0 Å². The lowest BCUT2D eigenvalue weighted by molar-refractivity contribution is -1.05. The summed E-state index contributed by atoms with van der Waals surface area (Å²) in [6.45, 7) is 4.13. The maximum atomic E-state index is 9.56. The Morgan fingerprint density at radius 3 is 2.78 bits per heavy atom. The molecule has 0 N–H and O–H groups in total. The summed E-state index contributed by atoms with van der Waals surface area (Å²) in [7, 11) is 0. The van der Waals surface area contributed by atoms with Crippen LogP contribution in [0, 0.1) is 0 Å². The van der Waals surface area contributed by atoms with Crippen LogP contribution in [-0.2, 0) is 9.31 Å². The normalized spacial score (nSPS) is 11.6. The van der Waals surface area contributed by atoms with E-state index in [1.165, 1.54) is 6.92 Å². The third kappa shape index (κ3) is 5.14. The van der Waals surface area contributed by atoms with Gasteiger partial charge in [0.05, 0.1) is 6.92 Å². The maximum absolute atomic E-state index is 9.56. The summed E-state index contributed by atoms with van der Waals surface area (Å²) in [6, 6.07) is 0. The van der Waals surface area contributed by atoms with Crippen molar-refractivity contribution < 1.29 is 14.6 Å². The van der Waals surface area contributed by atoms with Gasteiger partial charge >= 0.3 is 5.97 Å². The van der Waals surface area contributed by atoms with Gasteiger partial charge in [0.1, 0.15) is 0 Å². The Balaban J connectivity index is 3.07. The number of ether oxygens (including phenoxy) is 1. The van der Waals surface area contributed by atoms with Crippen molar-refractivity contribution in [2.45, 2.75) is 26.7 Å². The molecule has 0 radical (unpaired) electrons. The molecule has 0 saturated carbocycles. The van der Waals surface area contributed by atoms with Gasteiger partial charge in [-0.3, -0.25) is 4.58 Å². The summed E-state index contributed by atoms with van der Waals surface area (Å²) in [5.74, 6) is 0.100. The number of unbranched alkanes of at least 4 members (excludes halogenated alkanes) is 1. The largest absolute Gasteiger partial charge is 0.588 e. The van der Waals surface area contributed by atoms with Crippen molar-refractivity contribution in [3.63, 3.8) is 0 Å². The average Bonchev–Trinajstić information content (AvgIpc) is 1.89. The summed E-state index contributed by atoms with van der Waals surface area (Å²) in [6.07, 6.45) is 2.02. The van der Waals surface area contributed by atoms with Crippen LogP contribution in [-0.4, -0.2) is 12.6 Å². The van der Waals surface area contributed by atoms with Crippen LogP contribution in [0.5, 0.6) is 0 Å². The average molecular weight is 132 g/mol. The third-order valence-corrected chi connectivity index (χ3v) is 0.921. The first-order valence-corrected chi connectivity index (χ1v) is 3.07. The number of rotatable bonds is 3. The Hall–Kier alpha value is -0.730. The zero-order chi connectivity index (χ0) is 7.11. The van der Waals surface area contributed by atoms with E-state index in [0.717, 1.165) is 12.8 Å². The lowest BCUT2D eigenvalue weighted by Gasteiger charge is -1.90. The van der Waals surface area contributed by atoms with Crippen LogP contribution < -0.4 is 5.26 Å². The van der Waals surface area contributed by atoms with Crippen molar-refractivity contribution in [2.75, 3.05) is 6.61 Å². The van der Waals surface area contributed by atoms with Crippen LogP contribution in [0.25, 0.3) is 0 Å². The van der Waals surface area contributed by atoms with E-state index in [4.69, 9.17) is 4.74 Å². The van der Waals surface area contributed by atoms with Gasteiger partial charge in [0, 0.05) is 6.42 Å². The fraction of sp³-hybridized carbons (Fsp3) is 0.833. The molecule has 0 spiro atoms. The minimum absolute atomic E-state index is 0.100. The Morgan fingerprint density at radius 2 is 2.33 bits per heavy atom. The Kier molecular flexibility index (Phi) is 4.97. The highest BCUT2D eigenvalue weighted by Crippen LogP contribution is 1.87. The fourth-order valence-corrected chi connectivity index (χ4v) is 0.384. The zero-order valence-corrected chi connectivity index (χ0v) is 5.85. The van der Waals surface area contributed by atoms with E-state index in [9.17, 15) is 5.26 Å². The van der Waals surface area contributed by atoms with Crippen LogP contribution in [0.2, 0.25) is 0 Å². The number of hydrogen-bond donors (Lipinski definition) is 0. The Morgan fingerprint density at radius 1 is 1.67 bits per heavy atom. The second kappa shape index (κ2) is 5.41. The highest BCUT2D eigenvalue weighted by molar-refractivity contribution is 5.66. The van der Waals surface area contributed by atoms with Crippen molar-refractivity contribution in [3.05, 3.63) is 0 Å². The van der Waals surface area contributed by atoms with Crippen LogP contribution in [0.3, 0.4) is 0 Å². The van der Waals surface area contributed by atoms with Crippen molar-refractivity contribution in [2.24, 2.45) is 0 Å². The molecule has 0 saturated heterocycles. The van der Waals surface area contributed by atoms with E-state index in [0.29, 0.717) is 6.61 Å². The quantitative estimate of drug-likeness (QED) is 0.180. The predicted octanol–water partition coefficient (Wildman–Crippen LogP) is 0.161. The van der Waals surface area contributed by atoms with Crippen molar-refractivity contribution in [3.8, 4) is 0 Å². The molecule has 0 aliphatic carbocycles. The summed E-state index contributed by atoms with van der Waals surface area (Å²) < 4.78 is 8.35. The Labute approximate surface area is 54.9 Å². The predicted molar refractivity (Wildman–Crippen MR) is 31.5 cm³/mol. The van der Waals surface area contributed by atoms with Gasteiger partial charge in [0.2, 0.25) is 0 Å². The van der Waals surface area contributed by atoms with E-state index in [-0.39, 0.29) is 5.97 Å². The Bertz CT molecular complexity index is 88.3. The molecule has 0 aliphatic heterocycles. The van der Waals surface area contributed by atoms with Gasteiger partial charge in [0.25, 0.3) is 0 Å². The number of hydrogen-bond acceptors (Lipinski definition) is 2. The fourth-order valence-electron chi connectivity index (χ4n) is 0.384. The summed E-state index contributed by atoms with van der Waals surface area (Å²) in [5.41, 5.74) is 0. The molecule has 0 bridgehead atoms. The van der Waals surface area contributed by atoms with E-state index in [2.05, 4.69) is 11.5 Å². The minimum atomic E-state index is 0.100. The van der Waals surface area contributed by atoms with Gasteiger partial charge in [-0.05, 0) is 0 Å². The molecular weight excluding hydrogens is 120 g/mol. The first-order valence-electron chi connectivity index (χ1n) is 3.07. The second-order valence-corrected chi connectivity index (χ2v) is 1.78. The first kappa shape index (κ1) is 8.27. The summed E-state index contributed by atoms with van der Waals surface area (Å²) in [5, 5.41) is 9.56. The molecule has 0 atom stereocenters. The lowest BCUT2D eigenvalue weighted by Crippen LogP contribution is -2.10. The molecule has 0 aliphatic rings. The highest BCUT2D eigenvalue weighted by atomic mass is 17.1.